The molecule has 4 rings (SSSR count). The summed E-state index contributed by atoms with van der Waals surface area (Å²) in [5.74, 6) is -0.332. The lowest BCUT2D eigenvalue weighted by Gasteiger charge is -2.08. The second-order valence-electron chi connectivity index (χ2n) is 6.83. The molecule has 150 valence electrons. The lowest BCUT2D eigenvalue weighted by atomic mass is 10.2. The first-order valence-corrected chi connectivity index (χ1v) is 10.2. The second kappa shape index (κ2) is 8.92. The summed E-state index contributed by atoms with van der Waals surface area (Å²) in [6, 6.07) is 20.4. The van der Waals surface area contributed by atoms with Crippen molar-refractivity contribution in [2.45, 2.75) is 12.8 Å². The van der Waals surface area contributed by atoms with Crippen molar-refractivity contribution in [3.05, 3.63) is 88.8 Å². The third-order valence-electron chi connectivity index (χ3n) is 4.52. The molecule has 0 bridgehead atoms. The molecule has 2 heterocycles. The third kappa shape index (κ3) is 4.93. The molecule has 0 saturated carbocycles. The van der Waals surface area contributed by atoms with Gasteiger partial charge in [-0.1, -0.05) is 40.2 Å². The van der Waals surface area contributed by atoms with Gasteiger partial charge in [-0.2, -0.15) is 0 Å². The lowest BCUT2D eigenvalue weighted by Crippen LogP contribution is -2.17. The number of hydrogen-bond acceptors (Lipinski definition) is 3. The molecule has 2 aromatic heterocycles. The van der Waals surface area contributed by atoms with E-state index in [9.17, 15) is 9.59 Å². The zero-order valence-corrected chi connectivity index (χ0v) is 17.6. The maximum atomic E-state index is 12.5. The zero-order chi connectivity index (χ0) is 20.9. The quantitative estimate of drug-likeness (QED) is 0.388. The van der Waals surface area contributed by atoms with Crippen molar-refractivity contribution in [3.63, 3.8) is 0 Å². The van der Waals surface area contributed by atoms with Crippen molar-refractivity contribution >= 4 is 50.0 Å². The fraction of sp³-hybridized carbons (Fsp3) is 0.0870. The number of aromatic nitrogens is 2. The van der Waals surface area contributed by atoms with Crippen LogP contribution < -0.4 is 10.6 Å². The fourth-order valence-corrected chi connectivity index (χ4v) is 3.61. The first kappa shape index (κ1) is 19.8. The van der Waals surface area contributed by atoms with Crippen LogP contribution in [0.25, 0.3) is 10.9 Å². The number of aromatic amines is 1. The number of hydrogen-bond donors (Lipinski definition) is 3. The Hall–Kier alpha value is -3.45. The van der Waals surface area contributed by atoms with E-state index in [1.54, 1.807) is 12.1 Å². The molecule has 0 fully saturated rings. The van der Waals surface area contributed by atoms with Gasteiger partial charge in [0.25, 0.3) is 0 Å². The minimum absolute atomic E-state index is 0.123. The highest BCUT2D eigenvalue weighted by molar-refractivity contribution is 9.10. The summed E-state index contributed by atoms with van der Waals surface area (Å²) >= 11 is 3.38. The van der Waals surface area contributed by atoms with Crippen molar-refractivity contribution in [3.8, 4) is 0 Å². The van der Waals surface area contributed by atoms with Gasteiger partial charge in [0.1, 0.15) is 0 Å². The number of rotatable bonds is 6. The molecular formula is C23H19BrN4O2. The van der Waals surface area contributed by atoms with E-state index in [1.165, 1.54) is 0 Å². The van der Waals surface area contributed by atoms with Gasteiger partial charge in [-0.15, -0.1) is 0 Å². The molecular weight excluding hydrogens is 444 g/mol. The summed E-state index contributed by atoms with van der Waals surface area (Å²) in [5, 5.41) is 6.80. The summed E-state index contributed by atoms with van der Waals surface area (Å²) in [4.78, 5) is 32.4. The van der Waals surface area contributed by atoms with Crippen LogP contribution in [0.1, 0.15) is 11.4 Å². The van der Waals surface area contributed by atoms with Crippen LogP contribution >= 0.6 is 15.9 Å². The molecule has 0 radical (unpaired) electrons. The average molecular weight is 463 g/mol. The van der Waals surface area contributed by atoms with Crippen LogP contribution in [0.2, 0.25) is 0 Å². The van der Waals surface area contributed by atoms with Crippen LogP contribution in [-0.4, -0.2) is 21.8 Å². The van der Waals surface area contributed by atoms with E-state index in [0.717, 1.165) is 21.1 Å². The highest BCUT2D eigenvalue weighted by atomic mass is 79.9. The minimum atomic E-state index is -0.166. The van der Waals surface area contributed by atoms with Crippen molar-refractivity contribution < 1.29 is 9.59 Å². The summed E-state index contributed by atoms with van der Waals surface area (Å²) in [6.07, 6.45) is 2.09. The normalized spacial score (nSPS) is 10.7. The van der Waals surface area contributed by atoms with Crippen molar-refractivity contribution in [1.29, 1.82) is 0 Å². The number of pyridine rings is 1. The van der Waals surface area contributed by atoms with Gasteiger partial charge in [0.15, 0.2) is 0 Å². The van der Waals surface area contributed by atoms with Gasteiger partial charge < -0.3 is 15.6 Å². The Balaban J connectivity index is 1.38. The number of carbonyl (C=O) groups is 2. The van der Waals surface area contributed by atoms with E-state index in [0.29, 0.717) is 17.1 Å². The maximum Gasteiger partial charge on any atom is 0.230 e. The first-order valence-electron chi connectivity index (χ1n) is 9.43. The molecule has 30 heavy (non-hydrogen) atoms. The highest BCUT2D eigenvalue weighted by Gasteiger charge is 2.11. The highest BCUT2D eigenvalue weighted by Crippen LogP contribution is 2.21. The van der Waals surface area contributed by atoms with Crippen LogP contribution in [0.5, 0.6) is 0 Å². The topological polar surface area (TPSA) is 86.9 Å². The SMILES string of the molecule is O=C(Cc1cccc(CC(=O)Nc2cccc3cc[nH]c23)n1)Nc1cccc(Br)c1. The molecule has 0 aliphatic carbocycles. The number of H-pyrrole nitrogens is 1. The molecule has 6 nitrogen and oxygen atoms in total. The second-order valence-corrected chi connectivity index (χ2v) is 7.74. The Kier molecular flexibility index (Phi) is 5.90. The van der Waals surface area contributed by atoms with Gasteiger partial charge in [0.2, 0.25) is 11.8 Å². The fourth-order valence-electron chi connectivity index (χ4n) is 3.21. The molecule has 3 N–H and O–H groups in total. The van der Waals surface area contributed by atoms with Gasteiger partial charge in [-0.3, -0.25) is 14.6 Å². The van der Waals surface area contributed by atoms with E-state index in [4.69, 9.17) is 0 Å². The van der Waals surface area contributed by atoms with E-state index >= 15 is 0 Å². The molecule has 0 atom stereocenters. The molecule has 0 aliphatic heterocycles. The number of amides is 2. The van der Waals surface area contributed by atoms with Gasteiger partial charge in [0, 0.05) is 21.7 Å². The number of para-hydroxylation sites is 1. The van der Waals surface area contributed by atoms with Gasteiger partial charge in [-0.05, 0) is 42.5 Å². The van der Waals surface area contributed by atoms with E-state index < -0.39 is 0 Å². The Bertz CT molecular complexity index is 1220. The number of nitrogens with zero attached hydrogens (tertiary/aromatic N) is 1. The lowest BCUT2D eigenvalue weighted by molar-refractivity contribution is -0.116. The predicted molar refractivity (Wildman–Crippen MR) is 121 cm³/mol. The molecule has 4 aromatic rings. The number of halogens is 1. The zero-order valence-electron chi connectivity index (χ0n) is 16.0. The third-order valence-corrected chi connectivity index (χ3v) is 5.01. The van der Waals surface area contributed by atoms with Crippen LogP contribution in [0.15, 0.2) is 77.4 Å². The number of carbonyl (C=O) groups excluding carboxylic acids is 2. The van der Waals surface area contributed by atoms with E-state index in [1.807, 2.05) is 60.8 Å². The maximum absolute atomic E-state index is 12.5. The molecule has 0 spiro atoms. The molecule has 0 saturated heterocycles. The summed E-state index contributed by atoms with van der Waals surface area (Å²) < 4.78 is 0.890. The number of fused-ring (bicyclic) bond motifs is 1. The summed E-state index contributed by atoms with van der Waals surface area (Å²) in [5.41, 5.74) is 3.55. The molecule has 7 heteroatoms. The van der Waals surface area contributed by atoms with Crippen LogP contribution in [0, 0.1) is 0 Å². The van der Waals surface area contributed by atoms with E-state index in [2.05, 4.69) is 36.5 Å². The first-order chi connectivity index (χ1) is 14.6. The van der Waals surface area contributed by atoms with E-state index in [-0.39, 0.29) is 24.7 Å². The Labute approximate surface area is 181 Å². The summed E-state index contributed by atoms with van der Waals surface area (Å²) in [6.45, 7) is 0. The Morgan fingerprint density at radius 1 is 0.867 bits per heavy atom. The molecule has 0 unspecified atom stereocenters. The number of anilines is 2. The van der Waals surface area contributed by atoms with Crippen LogP contribution in [-0.2, 0) is 22.4 Å². The average Bonchev–Trinajstić information content (AvgIpc) is 3.18. The summed E-state index contributed by atoms with van der Waals surface area (Å²) in [7, 11) is 0. The van der Waals surface area contributed by atoms with Crippen LogP contribution in [0.3, 0.4) is 0 Å². The largest absolute Gasteiger partial charge is 0.359 e. The standard InChI is InChI=1S/C23H19BrN4O2/c24-16-5-2-6-17(12-16)27-21(29)13-18-7-3-8-19(26-18)14-22(30)28-20-9-1-4-15-10-11-25-23(15)20/h1-12,25H,13-14H2,(H,27,29)(H,28,30). The Morgan fingerprint density at radius 2 is 1.57 bits per heavy atom. The van der Waals surface area contributed by atoms with Crippen molar-refractivity contribution in [2.24, 2.45) is 0 Å². The smallest absolute Gasteiger partial charge is 0.230 e. The van der Waals surface area contributed by atoms with Gasteiger partial charge in [0.05, 0.1) is 35.4 Å². The minimum Gasteiger partial charge on any atom is -0.359 e. The van der Waals surface area contributed by atoms with Crippen LogP contribution in [0.4, 0.5) is 11.4 Å². The number of nitrogens with one attached hydrogen (secondary N) is 3. The van der Waals surface area contributed by atoms with Gasteiger partial charge >= 0.3 is 0 Å². The molecule has 2 amide bonds. The molecule has 2 aromatic carbocycles. The van der Waals surface area contributed by atoms with Crippen molar-refractivity contribution in [1.82, 2.24) is 9.97 Å². The van der Waals surface area contributed by atoms with Crippen molar-refractivity contribution in [2.75, 3.05) is 10.6 Å². The number of benzene rings is 2. The van der Waals surface area contributed by atoms with Gasteiger partial charge in [-0.25, -0.2) is 0 Å². The Morgan fingerprint density at radius 3 is 2.33 bits per heavy atom. The molecule has 0 aliphatic rings. The predicted octanol–water partition coefficient (Wildman–Crippen LogP) is 4.69. The monoisotopic (exact) mass is 462 g/mol.